The molecule has 0 amide bonds. The minimum absolute atomic E-state index is 0.106. The molecule has 2 rings (SSSR count). The molecule has 0 fully saturated rings. The molecule has 4 heteroatoms. The van der Waals surface area contributed by atoms with Crippen molar-refractivity contribution < 1.29 is 19.0 Å². The number of ether oxygens (including phenoxy) is 3. The lowest BCUT2D eigenvalue weighted by atomic mass is 9.93. The SMILES string of the molecule is CO[C@H](C)CCOC(=O)[C@H]1CCOc2ccccc21. The van der Waals surface area contributed by atoms with E-state index >= 15 is 0 Å². The number of esters is 1. The van der Waals surface area contributed by atoms with Gasteiger partial charge in [0.15, 0.2) is 0 Å². The molecular formula is C15H20O4. The van der Waals surface area contributed by atoms with Crippen molar-refractivity contribution in [1.82, 2.24) is 0 Å². The van der Waals surface area contributed by atoms with Crippen LogP contribution in [0.25, 0.3) is 0 Å². The van der Waals surface area contributed by atoms with Gasteiger partial charge in [0.25, 0.3) is 0 Å². The number of para-hydroxylation sites is 1. The summed E-state index contributed by atoms with van der Waals surface area (Å²) >= 11 is 0. The second-order valence-electron chi connectivity index (χ2n) is 4.73. The van der Waals surface area contributed by atoms with Crippen molar-refractivity contribution in [3.8, 4) is 5.75 Å². The second kappa shape index (κ2) is 6.57. The minimum Gasteiger partial charge on any atom is -0.493 e. The van der Waals surface area contributed by atoms with Gasteiger partial charge in [0.05, 0.1) is 25.2 Å². The lowest BCUT2D eigenvalue weighted by molar-refractivity contribution is -0.146. The van der Waals surface area contributed by atoms with Crippen LogP contribution in [0, 0.1) is 0 Å². The summed E-state index contributed by atoms with van der Waals surface area (Å²) in [5.74, 6) is 0.419. The fraction of sp³-hybridized carbons (Fsp3) is 0.533. The highest BCUT2D eigenvalue weighted by Crippen LogP contribution is 2.34. The molecule has 1 aromatic carbocycles. The van der Waals surface area contributed by atoms with Crippen LogP contribution in [0.1, 0.15) is 31.2 Å². The van der Waals surface area contributed by atoms with Gasteiger partial charge in [-0.05, 0) is 19.4 Å². The van der Waals surface area contributed by atoms with Crippen LogP contribution >= 0.6 is 0 Å². The summed E-state index contributed by atoms with van der Waals surface area (Å²) in [7, 11) is 1.65. The first kappa shape index (κ1) is 13.9. The molecule has 0 spiro atoms. The molecule has 1 aliphatic heterocycles. The van der Waals surface area contributed by atoms with Gasteiger partial charge in [-0.1, -0.05) is 18.2 Å². The molecule has 0 N–H and O–H groups in total. The van der Waals surface area contributed by atoms with Crippen LogP contribution in [-0.4, -0.2) is 32.4 Å². The minimum atomic E-state index is -0.206. The fourth-order valence-corrected chi connectivity index (χ4v) is 2.13. The van der Waals surface area contributed by atoms with Gasteiger partial charge in [-0.15, -0.1) is 0 Å². The van der Waals surface area contributed by atoms with Crippen LogP contribution in [-0.2, 0) is 14.3 Å². The first-order valence-electron chi connectivity index (χ1n) is 6.63. The van der Waals surface area contributed by atoms with Crippen LogP contribution in [0.2, 0.25) is 0 Å². The Morgan fingerprint density at radius 2 is 2.26 bits per heavy atom. The third-order valence-corrected chi connectivity index (χ3v) is 3.41. The highest BCUT2D eigenvalue weighted by molar-refractivity contribution is 5.79. The Morgan fingerprint density at radius 1 is 1.47 bits per heavy atom. The van der Waals surface area contributed by atoms with Crippen molar-refractivity contribution in [2.75, 3.05) is 20.3 Å². The number of benzene rings is 1. The Bertz CT molecular complexity index is 430. The molecule has 0 radical (unpaired) electrons. The molecule has 1 heterocycles. The van der Waals surface area contributed by atoms with Crippen molar-refractivity contribution in [2.45, 2.75) is 31.8 Å². The van der Waals surface area contributed by atoms with E-state index in [1.54, 1.807) is 7.11 Å². The number of hydrogen-bond donors (Lipinski definition) is 0. The fourth-order valence-electron chi connectivity index (χ4n) is 2.13. The number of fused-ring (bicyclic) bond motifs is 1. The van der Waals surface area contributed by atoms with E-state index in [0.29, 0.717) is 26.1 Å². The summed E-state index contributed by atoms with van der Waals surface area (Å²) in [6.45, 7) is 2.91. The molecule has 2 atom stereocenters. The largest absolute Gasteiger partial charge is 0.493 e. The van der Waals surface area contributed by atoms with E-state index in [1.165, 1.54) is 0 Å². The summed E-state index contributed by atoms with van der Waals surface area (Å²) in [4.78, 5) is 12.1. The number of hydrogen-bond acceptors (Lipinski definition) is 4. The van der Waals surface area contributed by atoms with Crippen LogP contribution in [0.4, 0.5) is 0 Å². The van der Waals surface area contributed by atoms with Gasteiger partial charge in [-0.3, -0.25) is 4.79 Å². The standard InChI is InChI=1S/C15H20O4/c1-11(17-2)7-9-19-15(16)13-8-10-18-14-6-4-3-5-12(13)14/h3-6,11,13H,7-10H2,1-2H3/t11-,13+/m1/s1. The Balaban J connectivity index is 1.93. The van der Waals surface area contributed by atoms with Gasteiger partial charge in [-0.25, -0.2) is 0 Å². The summed E-state index contributed by atoms with van der Waals surface area (Å²) in [6, 6.07) is 7.65. The van der Waals surface area contributed by atoms with E-state index in [4.69, 9.17) is 14.2 Å². The van der Waals surface area contributed by atoms with Crippen molar-refractivity contribution in [1.29, 1.82) is 0 Å². The van der Waals surface area contributed by atoms with Gasteiger partial charge in [0, 0.05) is 19.1 Å². The van der Waals surface area contributed by atoms with Crippen molar-refractivity contribution >= 4 is 5.97 Å². The van der Waals surface area contributed by atoms with E-state index < -0.39 is 0 Å². The average Bonchev–Trinajstić information content (AvgIpc) is 2.46. The summed E-state index contributed by atoms with van der Waals surface area (Å²) in [5.41, 5.74) is 0.929. The zero-order chi connectivity index (χ0) is 13.7. The summed E-state index contributed by atoms with van der Waals surface area (Å²) in [6.07, 6.45) is 1.50. The highest BCUT2D eigenvalue weighted by atomic mass is 16.5. The number of carbonyl (C=O) groups excluding carboxylic acids is 1. The van der Waals surface area contributed by atoms with Crippen LogP contribution in [0.5, 0.6) is 5.75 Å². The maximum atomic E-state index is 12.1. The predicted molar refractivity (Wildman–Crippen MR) is 71.3 cm³/mol. The highest BCUT2D eigenvalue weighted by Gasteiger charge is 2.28. The molecule has 4 nitrogen and oxygen atoms in total. The molecule has 0 saturated heterocycles. The first-order chi connectivity index (χ1) is 9.22. The Hall–Kier alpha value is -1.55. The molecular weight excluding hydrogens is 244 g/mol. The monoisotopic (exact) mass is 264 g/mol. The second-order valence-corrected chi connectivity index (χ2v) is 4.73. The predicted octanol–water partition coefficient (Wildman–Crippen LogP) is 2.52. The maximum absolute atomic E-state index is 12.1. The lowest BCUT2D eigenvalue weighted by Gasteiger charge is -2.24. The topological polar surface area (TPSA) is 44.8 Å². The van der Waals surface area contributed by atoms with E-state index in [9.17, 15) is 4.79 Å². The van der Waals surface area contributed by atoms with E-state index in [2.05, 4.69) is 0 Å². The molecule has 1 aromatic rings. The van der Waals surface area contributed by atoms with Crippen molar-refractivity contribution in [3.63, 3.8) is 0 Å². The molecule has 19 heavy (non-hydrogen) atoms. The molecule has 0 aromatic heterocycles. The van der Waals surface area contributed by atoms with Gasteiger partial charge in [-0.2, -0.15) is 0 Å². The third-order valence-electron chi connectivity index (χ3n) is 3.41. The zero-order valence-corrected chi connectivity index (χ0v) is 11.4. The molecule has 0 bridgehead atoms. The smallest absolute Gasteiger partial charge is 0.313 e. The van der Waals surface area contributed by atoms with Gasteiger partial charge >= 0.3 is 5.97 Å². The van der Waals surface area contributed by atoms with Crippen molar-refractivity contribution in [3.05, 3.63) is 29.8 Å². The van der Waals surface area contributed by atoms with Crippen LogP contribution in [0.3, 0.4) is 0 Å². The number of rotatable bonds is 5. The number of methoxy groups -OCH3 is 1. The van der Waals surface area contributed by atoms with Gasteiger partial charge < -0.3 is 14.2 Å². The number of carbonyl (C=O) groups is 1. The Labute approximate surface area is 113 Å². The molecule has 0 unspecified atom stereocenters. The molecule has 104 valence electrons. The average molecular weight is 264 g/mol. The molecule has 0 aliphatic carbocycles. The summed E-state index contributed by atoms with van der Waals surface area (Å²) < 4.78 is 16.0. The van der Waals surface area contributed by atoms with Crippen LogP contribution in [0.15, 0.2) is 24.3 Å². The first-order valence-corrected chi connectivity index (χ1v) is 6.63. The van der Waals surface area contributed by atoms with Crippen LogP contribution < -0.4 is 4.74 Å². The Morgan fingerprint density at radius 3 is 3.05 bits per heavy atom. The van der Waals surface area contributed by atoms with E-state index in [1.807, 2.05) is 31.2 Å². The molecule has 1 aliphatic rings. The zero-order valence-electron chi connectivity index (χ0n) is 11.4. The van der Waals surface area contributed by atoms with Gasteiger partial charge in [0.1, 0.15) is 5.75 Å². The quantitative estimate of drug-likeness (QED) is 0.767. The summed E-state index contributed by atoms with van der Waals surface area (Å²) in [5, 5.41) is 0. The van der Waals surface area contributed by atoms with Crippen molar-refractivity contribution in [2.24, 2.45) is 0 Å². The van der Waals surface area contributed by atoms with E-state index in [-0.39, 0.29) is 18.0 Å². The van der Waals surface area contributed by atoms with E-state index in [0.717, 1.165) is 11.3 Å². The van der Waals surface area contributed by atoms with Gasteiger partial charge in [0.2, 0.25) is 0 Å². The maximum Gasteiger partial charge on any atom is 0.313 e. The lowest BCUT2D eigenvalue weighted by Crippen LogP contribution is -2.24. The normalized spacial score (nSPS) is 19.2. The Kier molecular flexibility index (Phi) is 4.80. The molecule has 0 saturated carbocycles. The third kappa shape index (κ3) is 3.47.